The third-order valence-corrected chi connectivity index (χ3v) is 4.77. The number of nitrogens with zero attached hydrogens (tertiary/aromatic N) is 2. The second kappa shape index (κ2) is 8.87. The van der Waals surface area contributed by atoms with Crippen molar-refractivity contribution < 1.29 is 14.3 Å². The number of aryl methyl sites for hydroxylation is 1. The Morgan fingerprint density at radius 2 is 1.93 bits per heavy atom. The summed E-state index contributed by atoms with van der Waals surface area (Å²) in [6.45, 7) is 6.77. The lowest BCUT2D eigenvalue weighted by atomic mass is 10.1. The van der Waals surface area contributed by atoms with E-state index in [1.807, 2.05) is 44.2 Å². The summed E-state index contributed by atoms with van der Waals surface area (Å²) in [5, 5.41) is 2.91. The van der Waals surface area contributed by atoms with Gasteiger partial charge in [0, 0.05) is 37.5 Å². The SMILES string of the molecule is CCc1ccc(N2CC(C(=O)NCc3ccc(OC(C)C)nc3)CC2=O)cc1. The zero-order valence-corrected chi connectivity index (χ0v) is 16.6. The largest absolute Gasteiger partial charge is 0.475 e. The molecule has 2 amide bonds. The van der Waals surface area contributed by atoms with E-state index in [0.29, 0.717) is 19.0 Å². The predicted molar refractivity (Wildman–Crippen MR) is 108 cm³/mol. The second-order valence-electron chi connectivity index (χ2n) is 7.31. The fourth-order valence-corrected chi connectivity index (χ4v) is 3.20. The molecule has 6 heteroatoms. The molecule has 148 valence electrons. The van der Waals surface area contributed by atoms with E-state index in [2.05, 4.69) is 17.2 Å². The van der Waals surface area contributed by atoms with E-state index >= 15 is 0 Å². The van der Waals surface area contributed by atoms with Crippen molar-refractivity contribution in [3.05, 3.63) is 53.7 Å². The van der Waals surface area contributed by atoms with Gasteiger partial charge in [-0.1, -0.05) is 25.1 Å². The summed E-state index contributed by atoms with van der Waals surface area (Å²) in [6, 6.07) is 11.6. The highest BCUT2D eigenvalue weighted by Crippen LogP contribution is 2.25. The van der Waals surface area contributed by atoms with Gasteiger partial charge in [-0.25, -0.2) is 4.98 Å². The maximum Gasteiger partial charge on any atom is 0.227 e. The van der Waals surface area contributed by atoms with Crippen molar-refractivity contribution >= 4 is 17.5 Å². The summed E-state index contributed by atoms with van der Waals surface area (Å²) >= 11 is 0. The number of hydrogen-bond donors (Lipinski definition) is 1. The number of carbonyl (C=O) groups excluding carboxylic acids is 2. The first kappa shape index (κ1) is 19.9. The number of carbonyl (C=O) groups is 2. The average Bonchev–Trinajstić information content (AvgIpc) is 3.08. The van der Waals surface area contributed by atoms with Crippen LogP contribution in [0.4, 0.5) is 5.69 Å². The van der Waals surface area contributed by atoms with Crippen LogP contribution in [0.1, 0.15) is 38.3 Å². The highest BCUT2D eigenvalue weighted by Gasteiger charge is 2.34. The predicted octanol–water partition coefficient (Wildman–Crippen LogP) is 3.10. The zero-order valence-electron chi connectivity index (χ0n) is 16.6. The molecule has 1 aliphatic rings. The van der Waals surface area contributed by atoms with Crippen LogP contribution in [0.25, 0.3) is 0 Å². The molecule has 0 saturated carbocycles. The van der Waals surface area contributed by atoms with E-state index in [-0.39, 0.29) is 30.3 Å². The molecule has 2 heterocycles. The van der Waals surface area contributed by atoms with Gasteiger partial charge in [0.25, 0.3) is 0 Å². The molecule has 1 atom stereocenters. The summed E-state index contributed by atoms with van der Waals surface area (Å²) in [6.07, 6.45) is 2.96. The third-order valence-electron chi connectivity index (χ3n) is 4.77. The number of pyridine rings is 1. The maximum absolute atomic E-state index is 12.5. The Kier molecular flexibility index (Phi) is 6.29. The van der Waals surface area contributed by atoms with Gasteiger partial charge in [-0.05, 0) is 43.5 Å². The minimum atomic E-state index is -0.338. The van der Waals surface area contributed by atoms with Crippen molar-refractivity contribution in [2.24, 2.45) is 5.92 Å². The van der Waals surface area contributed by atoms with Crippen molar-refractivity contribution in [1.82, 2.24) is 10.3 Å². The van der Waals surface area contributed by atoms with E-state index in [0.717, 1.165) is 17.7 Å². The molecular weight excluding hydrogens is 354 g/mol. The third kappa shape index (κ3) is 4.88. The van der Waals surface area contributed by atoms with E-state index in [1.165, 1.54) is 5.56 Å². The molecule has 28 heavy (non-hydrogen) atoms. The number of anilines is 1. The van der Waals surface area contributed by atoms with Gasteiger partial charge >= 0.3 is 0 Å². The van der Waals surface area contributed by atoms with Crippen LogP contribution in [0.15, 0.2) is 42.6 Å². The Morgan fingerprint density at radius 1 is 1.21 bits per heavy atom. The summed E-state index contributed by atoms with van der Waals surface area (Å²) in [7, 11) is 0. The normalized spacial score (nSPS) is 16.5. The molecule has 2 aromatic rings. The quantitative estimate of drug-likeness (QED) is 0.800. The van der Waals surface area contributed by atoms with Crippen LogP contribution in [-0.4, -0.2) is 29.4 Å². The minimum absolute atomic E-state index is 0.0127. The maximum atomic E-state index is 12.5. The molecule has 1 N–H and O–H groups in total. The lowest BCUT2D eigenvalue weighted by Gasteiger charge is -2.17. The van der Waals surface area contributed by atoms with E-state index in [1.54, 1.807) is 17.2 Å². The van der Waals surface area contributed by atoms with Crippen molar-refractivity contribution in [1.29, 1.82) is 0 Å². The molecule has 1 aromatic heterocycles. The molecule has 3 rings (SSSR count). The highest BCUT2D eigenvalue weighted by atomic mass is 16.5. The van der Waals surface area contributed by atoms with Crippen LogP contribution in [0.2, 0.25) is 0 Å². The first-order valence-electron chi connectivity index (χ1n) is 9.75. The lowest BCUT2D eigenvalue weighted by molar-refractivity contribution is -0.126. The number of amides is 2. The van der Waals surface area contributed by atoms with Gasteiger partial charge in [-0.15, -0.1) is 0 Å². The molecule has 1 aromatic carbocycles. The summed E-state index contributed by atoms with van der Waals surface area (Å²) < 4.78 is 5.51. The first-order chi connectivity index (χ1) is 13.5. The topological polar surface area (TPSA) is 71.5 Å². The zero-order chi connectivity index (χ0) is 20.1. The Morgan fingerprint density at radius 3 is 2.54 bits per heavy atom. The van der Waals surface area contributed by atoms with Crippen molar-refractivity contribution in [3.63, 3.8) is 0 Å². The molecular formula is C22H27N3O3. The Balaban J connectivity index is 1.54. The van der Waals surface area contributed by atoms with Gasteiger partial charge < -0.3 is 15.0 Å². The molecule has 6 nitrogen and oxygen atoms in total. The fourth-order valence-electron chi connectivity index (χ4n) is 3.20. The monoisotopic (exact) mass is 381 g/mol. The van der Waals surface area contributed by atoms with Gasteiger partial charge in [-0.2, -0.15) is 0 Å². The van der Waals surface area contributed by atoms with Gasteiger partial charge in [-0.3, -0.25) is 9.59 Å². The number of ether oxygens (including phenoxy) is 1. The van der Waals surface area contributed by atoms with Crippen LogP contribution in [0.5, 0.6) is 5.88 Å². The molecule has 1 aliphatic heterocycles. The number of nitrogens with one attached hydrogen (secondary N) is 1. The smallest absolute Gasteiger partial charge is 0.227 e. The molecule has 0 aliphatic carbocycles. The summed E-state index contributed by atoms with van der Waals surface area (Å²) in [5.41, 5.74) is 2.96. The molecule has 0 radical (unpaired) electrons. The Hall–Kier alpha value is -2.89. The van der Waals surface area contributed by atoms with Gasteiger partial charge in [0.2, 0.25) is 17.7 Å². The molecule has 1 fully saturated rings. The van der Waals surface area contributed by atoms with Crippen molar-refractivity contribution in [3.8, 4) is 5.88 Å². The van der Waals surface area contributed by atoms with Gasteiger partial charge in [0.15, 0.2) is 0 Å². The van der Waals surface area contributed by atoms with Crippen LogP contribution in [0, 0.1) is 5.92 Å². The number of rotatable bonds is 7. The fraction of sp³-hybridized carbons (Fsp3) is 0.409. The van der Waals surface area contributed by atoms with Gasteiger partial charge in [0.05, 0.1) is 12.0 Å². The summed E-state index contributed by atoms with van der Waals surface area (Å²) in [4.78, 5) is 30.8. The number of hydrogen-bond acceptors (Lipinski definition) is 4. The van der Waals surface area contributed by atoms with Crippen LogP contribution < -0.4 is 15.0 Å². The molecule has 1 saturated heterocycles. The molecule has 1 unspecified atom stereocenters. The average molecular weight is 381 g/mol. The Labute approximate surface area is 165 Å². The first-order valence-corrected chi connectivity index (χ1v) is 9.75. The van der Waals surface area contributed by atoms with Crippen molar-refractivity contribution in [2.75, 3.05) is 11.4 Å². The number of benzene rings is 1. The highest BCUT2D eigenvalue weighted by molar-refractivity contribution is 6.00. The molecule has 0 spiro atoms. The van der Waals surface area contributed by atoms with Gasteiger partial charge in [0.1, 0.15) is 0 Å². The van der Waals surface area contributed by atoms with E-state index in [9.17, 15) is 9.59 Å². The van der Waals surface area contributed by atoms with E-state index < -0.39 is 0 Å². The standard InChI is InChI=1S/C22H27N3O3/c1-4-16-5-8-19(9-6-16)25-14-18(11-21(25)26)22(27)24-13-17-7-10-20(23-12-17)28-15(2)3/h5-10,12,15,18H,4,11,13-14H2,1-3H3,(H,24,27). The Bertz CT molecular complexity index is 816. The second-order valence-corrected chi connectivity index (χ2v) is 7.31. The molecule has 0 bridgehead atoms. The summed E-state index contributed by atoms with van der Waals surface area (Å²) in [5.74, 6) is 0.107. The van der Waals surface area contributed by atoms with Crippen LogP contribution >= 0.6 is 0 Å². The van der Waals surface area contributed by atoms with Crippen molar-refractivity contribution in [2.45, 2.75) is 46.3 Å². The van der Waals surface area contributed by atoms with Crippen LogP contribution in [-0.2, 0) is 22.6 Å². The van der Waals surface area contributed by atoms with E-state index in [4.69, 9.17) is 4.74 Å². The van der Waals surface area contributed by atoms with Crippen LogP contribution in [0.3, 0.4) is 0 Å². The lowest BCUT2D eigenvalue weighted by Crippen LogP contribution is -2.32. The number of aromatic nitrogens is 1. The minimum Gasteiger partial charge on any atom is -0.475 e.